The fourth-order valence-electron chi connectivity index (χ4n) is 4.85. The molecule has 0 radical (unpaired) electrons. The van der Waals surface area contributed by atoms with E-state index in [1.54, 1.807) is 7.11 Å². The number of amides is 2. The molecule has 9 nitrogen and oxygen atoms in total. The van der Waals surface area contributed by atoms with Crippen molar-refractivity contribution in [2.24, 2.45) is 0 Å². The average molecular weight is 491 g/mol. The fourth-order valence-corrected chi connectivity index (χ4v) is 4.85. The normalized spacial score (nSPS) is 18.4. The van der Waals surface area contributed by atoms with Crippen LogP contribution in [-0.2, 0) is 30.9 Å². The van der Waals surface area contributed by atoms with Crippen molar-refractivity contribution in [1.82, 2.24) is 30.5 Å². The zero-order valence-electron chi connectivity index (χ0n) is 20.7. The summed E-state index contributed by atoms with van der Waals surface area (Å²) in [5.74, 6) is 0.834. The van der Waals surface area contributed by atoms with E-state index >= 15 is 0 Å². The first-order valence-electron chi connectivity index (χ1n) is 12.7. The summed E-state index contributed by atoms with van der Waals surface area (Å²) in [7, 11) is 1.67. The first kappa shape index (κ1) is 24.3. The van der Waals surface area contributed by atoms with Crippen LogP contribution in [0.2, 0.25) is 0 Å². The molecule has 3 aromatic rings. The monoisotopic (exact) mass is 490 g/mol. The van der Waals surface area contributed by atoms with Gasteiger partial charge in [0.2, 0.25) is 0 Å². The van der Waals surface area contributed by atoms with E-state index in [1.165, 1.54) is 5.56 Å². The largest absolute Gasteiger partial charge is 0.497 e. The topological polar surface area (TPSA) is 93.5 Å². The van der Waals surface area contributed by atoms with Crippen molar-refractivity contribution in [3.05, 3.63) is 77.1 Å². The third-order valence-electron chi connectivity index (χ3n) is 7.00. The van der Waals surface area contributed by atoms with Gasteiger partial charge >= 0.3 is 6.03 Å². The maximum Gasteiger partial charge on any atom is 0.315 e. The molecule has 0 unspecified atom stereocenters. The van der Waals surface area contributed by atoms with E-state index in [-0.39, 0.29) is 18.2 Å². The van der Waals surface area contributed by atoms with Gasteiger partial charge < -0.3 is 20.1 Å². The first-order valence-corrected chi connectivity index (χ1v) is 12.7. The van der Waals surface area contributed by atoms with Gasteiger partial charge in [0, 0.05) is 32.2 Å². The molecule has 1 aromatic heterocycles. The highest BCUT2D eigenvalue weighted by Crippen LogP contribution is 2.28. The average Bonchev–Trinajstić information content (AvgIpc) is 3.32. The number of hydrogen-bond donors (Lipinski definition) is 2. The van der Waals surface area contributed by atoms with Crippen LogP contribution < -0.4 is 15.4 Å². The number of nitrogens with zero attached hydrogens (tertiary/aromatic N) is 4. The minimum Gasteiger partial charge on any atom is -0.497 e. The van der Waals surface area contributed by atoms with E-state index in [4.69, 9.17) is 9.47 Å². The summed E-state index contributed by atoms with van der Waals surface area (Å²) in [4.78, 5) is 14.7. The molecule has 36 heavy (non-hydrogen) atoms. The zero-order valence-corrected chi connectivity index (χ0v) is 20.7. The predicted octanol–water partition coefficient (Wildman–Crippen LogP) is 3.06. The number of likely N-dealkylation sites (tertiary alicyclic amines) is 1. The highest BCUT2D eigenvalue weighted by atomic mass is 16.5. The molecular formula is C27H34N6O3. The van der Waals surface area contributed by atoms with Crippen LogP contribution in [0.4, 0.5) is 4.79 Å². The molecule has 2 amide bonds. The van der Waals surface area contributed by atoms with Gasteiger partial charge in [0.05, 0.1) is 26.0 Å². The molecule has 0 saturated carbocycles. The van der Waals surface area contributed by atoms with Crippen molar-refractivity contribution in [1.29, 1.82) is 0 Å². The molecule has 1 atom stereocenters. The summed E-state index contributed by atoms with van der Waals surface area (Å²) < 4.78 is 13.4. The van der Waals surface area contributed by atoms with Crippen molar-refractivity contribution in [3.8, 4) is 5.75 Å². The summed E-state index contributed by atoms with van der Waals surface area (Å²) in [5.41, 5.74) is 4.37. The molecule has 0 spiro atoms. The SMILES string of the molecule is COc1ccc([C@@H]2Cn3nnc(CN4CCC(NC(=O)NCCc5ccccc5)CC4)c3CO2)cc1. The molecule has 1 saturated heterocycles. The van der Waals surface area contributed by atoms with Gasteiger partial charge in [-0.15, -0.1) is 5.10 Å². The van der Waals surface area contributed by atoms with Crippen LogP contribution in [0.3, 0.4) is 0 Å². The molecule has 2 aliphatic rings. The number of benzene rings is 2. The number of urea groups is 1. The lowest BCUT2D eigenvalue weighted by Gasteiger charge is -2.32. The molecule has 3 heterocycles. The Hall–Kier alpha value is -3.43. The van der Waals surface area contributed by atoms with E-state index in [9.17, 15) is 4.79 Å². The summed E-state index contributed by atoms with van der Waals surface area (Å²) in [6.45, 7) is 4.36. The van der Waals surface area contributed by atoms with Gasteiger partial charge in [-0.25, -0.2) is 9.48 Å². The Morgan fingerprint density at radius 2 is 1.89 bits per heavy atom. The number of methoxy groups -OCH3 is 1. The van der Waals surface area contributed by atoms with E-state index in [1.807, 2.05) is 47.1 Å². The van der Waals surface area contributed by atoms with E-state index in [0.717, 1.165) is 61.6 Å². The number of rotatable bonds is 8. The first-order chi connectivity index (χ1) is 17.7. The number of aromatic nitrogens is 3. The van der Waals surface area contributed by atoms with Crippen molar-refractivity contribution in [3.63, 3.8) is 0 Å². The van der Waals surface area contributed by atoms with E-state index in [2.05, 4.69) is 38.0 Å². The number of nitrogens with one attached hydrogen (secondary N) is 2. The summed E-state index contributed by atoms with van der Waals surface area (Å²) >= 11 is 0. The summed E-state index contributed by atoms with van der Waals surface area (Å²) in [6, 6.07) is 18.3. The number of carbonyl (C=O) groups is 1. The van der Waals surface area contributed by atoms with Gasteiger partial charge in [-0.3, -0.25) is 4.90 Å². The van der Waals surface area contributed by atoms with Gasteiger partial charge in [-0.1, -0.05) is 47.7 Å². The second-order valence-electron chi connectivity index (χ2n) is 9.42. The maximum absolute atomic E-state index is 12.3. The maximum atomic E-state index is 12.3. The van der Waals surface area contributed by atoms with Crippen molar-refractivity contribution in [2.45, 2.75) is 51.1 Å². The zero-order chi connectivity index (χ0) is 24.7. The van der Waals surface area contributed by atoms with E-state index < -0.39 is 0 Å². The lowest BCUT2D eigenvalue weighted by molar-refractivity contribution is -0.00218. The summed E-state index contributed by atoms with van der Waals surface area (Å²) in [6.07, 6.45) is 2.64. The number of carbonyl (C=O) groups excluding carboxylic acids is 1. The van der Waals surface area contributed by atoms with Crippen LogP contribution in [0, 0.1) is 0 Å². The van der Waals surface area contributed by atoms with Gasteiger partial charge in [0.1, 0.15) is 17.5 Å². The van der Waals surface area contributed by atoms with Gasteiger partial charge in [0.25, 0.3) is 0 Å². The van der Waals surface area contributed by atoms with Crippen molar-refractivity contribution in [2.75, 3.05) is 26.7 Å². The third kappa shape index (κ3) is 6.03. The molecule has 0 aliphatic carbocycles. The minimum atomic E-state index is -0.0830. The van der Waals surface area contributed by atoms with Gasteiger partial charge in [0.15, 0.2) is 0 Å². The lowest BCUT2D eigenvalue weighted by Crippen LogP contribution is -2.48. The molecule has 2 aliphatic heterocycles. The van der Waals surface area contributed by atoms with Crippen molar-refractivity contribution < 1.29 is 14.3 Å². The van der Waals surface area contributed by atoms with Crippen LogP contribution in [0.1, 0.15) is 41.5 Å². The van der Waals surface area contributed by atoms with Gasteiger partial charge in [-0.05, 0) is 42.5 Å². The van der Waals surface area contributed by atoms with Crippen LogP contribution >= 0.6 is 0 Å². The molecule has 2 aromatic carbocycles. The lowest BCUT2D eigenvalue weighted by atomic mass is 10.0. The number of ether oxygens (including phenoxy) is 2. The Bertz CT molecular complexity index is 1130. The van der Waals surface area contributed by atoms with Crippen LogP contribution in [-0.4, -0.2) is 58.7 Å². The Labute approximate surface area is 211 Å². The van der Waals surface area contributed by atoms with Crippen LogP contribution in [0.25, 0.3) is 0 Å². The second kappa shape index (κ2) is 11.5. The van der Waals surface area contributed by atoms with E-state index in [0.29, 0.717) is 19.7 Å². The fraction of sp³-hybridized carbons (Fsp3) is 0.444. The standard InChI is InChI=1S/C27H34N6O3/c1-35-23-9-7-21(8-10-23)26-18-33-25(19-36-26)24(30-31-33)17-32-15-12-22(13-16-32)29-27(34)28-14-11-20-5-3-2-4-6-20/h2-10,22,26H,11-19H2,1H3,(H2,28,29,34)/t26-/m0/s1. The quantitative estimate of drug-likeness (QED) is 0.504. The molecule has 0 bridgehead atoms. The smallest absolute Gasteiger partial charge is 0.315 e. The molecular weight excluding hydrogens is 456 g/mol. The highest BCUT2D eigenvalue weighted by Gasteiger charge is 2.27. The Balaban J connectivity index is 1.05. The molecule has 1 fully saturated rings. The van der Waals surface area contributed by atoms with Gasteiger partial charge in [-0.2, -0.15) is 0 Å². The summed E-state index contributed by atoms with van der Waals surface area (Å²) in [5, 5.41) is 15.0. The number of piperidine rings is 1. The Kier molecular flexibility index (Phi) is 7.78. The molecule has 5 rings (SSSR count). The van der Waals surface area contributed by atoms with Crippen LogP contribution in [0.15, 0.2) is 54.6 Å². The molecule has 2 N–H and O–H groups in total. The number of hydrogen-bond acceptors (Lipinski definition) is 6. The predicted molar refractivity (Wildman–Crippen MR) is 136 cm³/mol. The van der Waals surface area contributed by atoms with Crippen molar-refractivity contribution >= 4 is 6.03 Å². The highest BCUT2D eigenvalue weighted by molar-refractivity contribution is 5.74. The molecule has 190 valence electrons. The second-order valence-corrected chi connectivity index (χ2v) is 9.42. The Morgan fingerprint density at radius 1 is 1.11 bits per heavy atom. The minimum absolute atomic E-state index is 0.0429. The number of fused-ring (bicyclic) bond motifs is 1. The Morgan fingerprint density at radius 3 is 2.64 bits per heavy atom. The molecule has 9 heteroatoms. The van der Waals surface area contributed by atoms with Crippen LogP contribution in [0.5, 0.6) is 5.75 Å². The third-order valence-corrected chi connectivity index (χ3v) is 7.00.